The largest absolute Gasteiger partial charge is 0.490 e. The van der Waals surface area contributed by atoms with Gasteiger partial charge in [0.1, 0.15) is 28.4 Å². The Kier molecular flexibility index (Phi) is 8.20. The van der Waals surface area contributed by atoms with Crippen LogP contribution in [0.3, 0.4) is 0 Å². The Morgan fingerprint density at radius 3 is 2.29 bits per heavy atom. The minimum Gasteiger partial charge on any atom is -0.490 e. The first-order valence-corrected chi connectivity index (χ1v) is 13.7. The molecule has 1 N–H and O–H groups in total. The van der Waals surface area contributed by atoms with Crippen molar-refractivity contribution in [3.8, 4) is 5.75 Å². The van der Waals surface area contributed by atoms with E-state index in [9.17, 15) is 22.0 Å². The average Bonchev–Trinajstić information content (AvgIpc) is 2.83. The van der Waals surface area contributed by atoms with E-state index in [0.717, 1.165) is 50.9 Å². The number of ether oxygens (including phenoxy) is 1. The third kappa shape index (κ3) is 6.44. The van der Waals surface area contributed by atoms with E-state index < -0.39 is 38.4 Å². The summed E-state index contributed by atoms with van der Waals surface area (Å²) >= 11 is 12.0. The van der Waals surface area contributed by atoms with E-state index in [1.54, 1.807) is 18.2 Å². The van der Waals surface area contributed by atoms with Crippen LogP contribution in [-0.2, 0) is 14.8 Å². The molecule has 2 aromatic rings. The first-order valence-electron chi connectivity index (χ1n) is 11.5. The van der Waals surface area contributed by atoms with E-state index >= 15 is 0 Å². The Bertz CT molecular complexity index is 1180. The van der Waals surface area contributed by atoms with Crippen molar-refractivity contribution < 1.29 is 26.7 Å². The zero-order chi connectivity index (χ0) is 25.2. The molecule has 0 atom stereocenters. The number of nitrogens with one attached hydrogen (secondary N) is 1. The Morgan fingerprint density at radius 1 is 0.943 bits per heavy atom. The fourth-order valence-electron chi connectivity index (χ4n) is 4.76. The van der Waals surface area contributed by atoms with Crippen molar-refractivity contribution in [3.05, 3.63) is 58.1 Å². The highest BCUT2D eigenvalue weighted by atomic mass is 35.5. The maximum atomic E-state index is 13.9. The summed E-state index contributed by atoms with van der Waals surface area (Å²) in [7, 11) is -4.49. The highest BCUT2D eigenvalue weighted by Gasteiger charge is 2.34. The lowest BCUT2D eigenvalue weighted by molar-refractivity contribution is -0.124. The Hall–Kier alpha value is -1.94. The number of sulfonamides is 1. The van der Waals surface area contributed by atoms with Gasteiger partial charge < -0.3 is 9.64 Å². The second kappa shape index (κ2) is 11.0. The van der Waals surface area contributed by atoms with Gasteiger partial charge in [0.25, 0.3) is 10.0 Å². The first kappa shape index (κ1) is 26.1. The summed E-state index contributed by atoms with van der Waals surface area (Å²) in [4.78, 5) is 14.1. The van der Waals surface area contributed by atoms with Crippen LogP contribution in [0.2, 0.25) is 10.0 Å². The summed E-state index contributed by atoms with van der Waals surface area (Å²) in [5.41, 5.74) is 0. The van der Waals surface area contributed by atoms with E-state index in [1.165, 1.54) is 0 Å². The summed E-state index contributed by atoms with van der Waals surface area (Å²) in [6.45, 7) is 1.72. The summed E-state index contributed by atoms with van der Waals surface area (Å²) in [5, 5.41) is 0.938. The highest BCUT2D eigenvalue weighted by molar-refractivity contribution is 7.90. The van der Waals surface area contributed by atoms with Gasteiger partial charge in [0.2, 0.25) is 5.91 Å². The maximum Gasteiger partial charge on any atom is 0.267 e. The molecular formula is C24H26Cl2F2N2O4S. The fourth-order valence-corrected chi connectivity index (χ4v) is 6.18. The molecule has 1 heterocycles. The van der Waals surface area contributed by atoms with Crippen LogP contribution < -0.4 is 9.46 Å². The van der Waals surface area contributed by atoms with Gasteiger partial charge in [-0.25, -0.2) is 21.9 Å². The first-order chi connectivity index (χ1) is 16.6. The molecule has 1 aliphatic carbocycles. The van der Waals surface area contributed by atoms with Crippen LogP contribution in [0.15, 0.2) is 41.3 Å². The van der Waals surface area contributed by atoms with Crippen LogP contribution in [0.5, 0.6) is 5.75 Å². The van der Waals surface area contributed by atoms with Crippen LogP contribution in [0, 0.1) is 17.6 Å². The van der Waals surface area contributed by atoms with Crippen molar-refractivity contribution in [2.45, 2.75) is 55.6 Å². The minimum atomic E-state index is -4.49. The number of likely N-dealkylation sites (tertiary alicyclic amines) is 1. The van der Waals surface area contributed by atoms with E-state index in [4.69, 9.17) is 27.9 Å². The number of rotatable bonds is 6. The molecular weight excluding hydrogens is 521 g/mol. The van der Waals surface area contributed by atoms with Crippen molar-refractivity contribution in [2.24, 2.45) is 5.92 Å². The molecule has 2 aromatic carbocycles. The van der Waals surface area contributed by atoms with Crippen molar-refractivity contribution in [2.75, 3.05) is 13.1 Å². The molecule has 0 radical (unpaired) electrons. The number of amides is 1. The number of benzene rings is 2. The number of piperidine rings is 1. The van der Waals surface area contributed by atoms with E-state index in [2.05, 4.69) is 4.90 Å². The number of halogens is 4. The van der Waals surface area contributed by atoms with Crippen LogP contribution in [0.1, 0.15) is 38.5 Å². The monoisotopic (exact) mass is 546 g/mol. The van der Waals surface area contributed by atoms with Gasteiger partial charge in [0.15, 0.2) is 0 Å². The van der Waals surface area contributed by atoms with E-state index in [1.807, 2.05) is 4.72 Å². The Morgan fingerprint density at radius 2 is 1.63 bits per heavy atom. The average molecular weight is 547 g/mol. The van der Waals surface area contributed by atoms with Gasteiger partial charge >= 0.3 is 0 Å². The van der Waals surface area contributed by atoms with Gasteiger partial charge in [0.05, 0.1) is 10.0 Å². The van der Waals surface area contributed by atoms with Crippen LogP contribution in [0.4, 0.5) is 8.78 Å². The SMILES string of the molecule is O=C(NS(=O)(=O)c1cc(F)ccc1F)[C@H]1CC[C@H](N2CCC(Oc3ccc(Cl)c(Cl)c3)CC2)CC1. The van der Waals surface area contributed by atoms with Gasteiger partial charge in [-0.1, -0.05) is 23.2 Å². The lowest BCUT2D eigenvalue weighted by Crippen LogP contribution is -2.46. The predicted molar refractivity (Wildman–Crippen MR) is 129 cm³/mol. The standard InChI is InChI=1S/C24H26Cl2F2N2O4S/c25-20-7-6-19(14-21(20)26)34-18-9-11-30(12-10-18)17-4-1-15(2-5-17)24(31)29-35(32,33)23-13-16(27)3-8-22(23)28/h3,6-8,13-15,17-18H,1-2,4-5,9-12H2,(H,29,31)/t15-,17-. The molecule has 190 valence electrons. The fraction of sp³-hybridized carbons (Fsp3) is 0.458. The summed E-state index contributed by atoms with van der Waals surface area (Å²) in [6, 6.07) is 7.64. The topological polar surface area (TPSA) is 75.7 Å². The summed E-state index contributed by atoms with van der Waals surface area (Å²) < 4.78 is 60.0. The quantitative estimate of drug-likeness (QED) is 0.540. The lowest BCUT2D eigenvalue weighted by Gasteiger charge is -2.40. The number of hydrogen-bond donors (Lipinski definition) is 1. The molecule has 0 spiro atoms. The van der Waals surface area contributed by atoms with Crippen LogP contribution in [0.25, 0.3) is 0 Å². The Balaban J connectivity index is 1.25. The zero-order valence-corrected chi connectivity index (χ0v) is 21.2. The molecule has 0 unspecified atom stereocenters. The van der Waals surface area contributed by atoms with E-state index in [-0.39, 0.29) is 6.10 Å². The second-order valence-electron chi connectivity index (χ2n) is 8.98. The third-order valence-corrected chi connectivity index (χ3v) is 8.77. The molecule has 35 heavy (non-hydrogen) atoms. The smallest absolute Gasteiger partial charge is 0.267 e. The van der Waals surface area contributed by atoms with Crippen molar-refractivity contribution >= 4 is 39.1 Å². The minimum absolute atomic E-state index is 0.0824. The second-order valence-corrected chi connectivity index (χ2v) is 11.4. The van der Waals surface area contributed by atoms with Gasteiger partial charge in [0, 0.05) is 31.1 Å². The third-order valence-electron chi connectivity index (χ3n) is 6.67. The molecule has 11 heteroatoms. The molecule has 2 aliphatic rings. The molecule has 0 aromatic heterocycles. The summed E-state index contributed by atoms with van der Waals surface area (Å²) in [6.07, 6.45) is 4.36. The number of carbonyl (C=O) groups is 1. The van der Waals surface area contributed by atoms with Gasteiger partial charge in [-0.15, -0.1) is 0 Å². The molecule has 1 aliphatic heterocycles. The molecule has 0 bridgehead atoms. The van der Waals surface area contributed by atoms with Gasteiger partial charge in [-0.3, -0.25) is 4.79 Å². The zero-order valence-electron chi connectivity index (χ0n) is 18.9. The normalized spacial score (nSPS) is 22.1. The molecule has 4 rings (SSSR count). The molecule has 6 nitrogen and oxygen atoms in total. The molecule has 1 saturated carbocycles. The molecule has 1 saturated heterocycles. The molecule has 1 amide bonds. The van der Waals surface area contributed by atoms with Crippen molar-refractivity contribution in [1.29, 1.82) is 0 Å². The van der Waals surface area contributed by atoms with Crippen molar-refractivity contribution in [1.82, 2.24) is 9.62 Å². The predicted octanol–water partition coefficient (Wildman–Crippen LogP) is 5.18. The van der Waals surface area contributed by atoms with Crippen LogP contribution in [-0.4, -0.2) is 44.5 Å². The van der Waals surface area contributed by atoms with Crippen molar-refractivity contribution in [3.63, 3.8) is 0 Å². The molecule has 2 fully saturated rings. The number of hydrogen-bond acceptors (Lipinski definition) is 5. The van der Waals surface area contributed by atoms with E-state index in [0.29, 0.717) is 40.7 Å². The summed E-state index contributed by atoms with van der Waals surface area (Å²) in [5.74, 6) is -2.49. The van der Waals surface area contributed by atoms with Crippen LogP contribution >= 0.6 is 23.2 Å². The van der Waals surface area contributed by atoms with Gasteiger partial charge in [-0.2, -0.15) is 0 Å². The van der Waals surface area contributed by atoms with Gasteiger partial charge in [-0.05, 0) is 68.9 Å². The maximum absolute atomic E-state index is 13.9. The lowest BCUT2D eigenvalue weighted by atomic mass is 9.84. The Labute approximate surface area is 213 Å². The number of carbonyl (C=O) groups excluding carboxylic acids is 1. The highest BCUT2D eigenvalue weighted by Crippen LogP contribution is 2.32. The number of nitrogens with zero attached hydrogens (tertiary/aromatic N) is 1.